The van der Waals surface area contributed by atoms with Crippen LogP contribution in [0.5, 0.6) is 5.75 Å². The van der Waals surface area contributed by atoms with Crippen LogP contribution in [-0.2, 0) is 9.05 Å². The number of hydrogen-bond acceptors (Lipinski definition) is 3. The normalized spacial score (nSPS) is 11.6. The van der Waals surface area contributed by atoms with Crippen LogP contribution in [0.25, 0.3) is 54.9 Å². The first-order chi connectivity index (χ1) is 18.4. The molecule has 0 aliphatic heterocycles. The maximum Gasteiger partial charge on any atom is 0.261 e. The molecule has 0 spiro atoms. The van der Waals surface area contributed by atoms with E-state index in [0.717, 1.165) is 43.8 Å². The fourth-order valence-corrected chi connectivity index (χ4v) is 6.20. The first-order valence-corrected chi connectivity index (χ1v) is 14.5. The molecule has 0 radical (unpaired) electrons. The summed E-state index contributed by atoms with van der Waals surface area (Å²) in [4.78, 5) is 0.0528. The van der Waals surface area contributed by atoms with Crippen molar-refractivity contribution in [2.45, 2.75) is 4.90 Å². The Hall–Kier alpha value is -4.12. The second-order valence-corrected chi connectivity index (χ2v) is 11.7. The molecule has 186 valence electrons. The van der Waals surface area contributed by atoms with E-state index in [1.165, 1.54) is 0 Å². The van der Waals surface area contributed by atoms with Crippen molar-refractivity contribution >= 4 is 41.3 Å². The molecule has 5 heteroatoms. The number of methoxy groups -OCH3 is 1. The molecule has 3 nitrogen and oxygen atoms in total. The van der Waals surface area contributed by atoms with Gasteiger partial charge in [-0.1, -0.05) is 97.1 Å². The maximum atomic E-state index is 12.9. The molecule has 0 unspecified atom stereocenters. The van der Waals surface area contributed by atoms with Crippen LogP contribution in [0.1, 0.15) is 0 Å². The van der Waals surface area contributed by atoms with Crippen LogP contribution >= 0.6 is 10.7 Å². The number of benzene rings is 6. The summed E-state index contributed by atoms with van der Waals surface area (Å²) in [5.74, 6) is 0.575. The summed E-state index contributed by atoms with van der Waals surface area (Å²) in [5, 5.41) is 3.54. The van der Waals surface area contributed by atoms with Gasteiger partial charge in [-0.05, 0) is 68.1 Å². The molecule has 0 fully saturated rings. The predicted octanol–water partition coefficient (Wildman–Crippen LogP) is 8.93. The lowest BCUT2D eigenvalue weighted by atomic mass is 9.90. The van der Waals surface area contributed by atoms with Gasteiger partial charge in [-0.2, -0.15) is 0 Å². The molecular weight excluding hydrogens is 512 g/mol. The molecule has 0 aliphatic carbocycles. The van der Waals surface area contributed by atoms with Gasteiger partial charge in [0.15, 0.2) is 0 Å². The molecule has 0 saturated heterocycles. The average molecular weight is 535 g/mol. The number of rotatable bonds is 5. The Kier molecular flexibility index (Phi) is 6.15. The standard InChI is InChI=1S/C33H23ClO3S/c1-37-30-18-14-26-20-24(22-8-4-2-5-9-22)12-16-28(26)32(30)33-29-17-13-25(23-10-6-3-7-11-23)21-27(29)15-19-31(33)38(34,35)36/h2-21H,1H3. The highest BCUT2D eigenvalue weighted by atomic mass is 35.7. The molecule has 0 heterocycles. The minimum Gasteiger partial charge on any atom is -0.496 e. The first kappa shape index (κ1) is 24.2. The minimum absolute atomic E-state index is 0.0528. The summed E-state index contributed by atoms with van der Waals surface area (Å²) >= 11 is 0. The SMILES string of the molecule is COc1ccc2cc(-c3ccccc3)ccc2c1-c1c(S(=O)(=O)Cl)ccc2cc(-c3ccccc3)ccc12. The van der Waals surface area contributed by atoms with Gasteiger partial charge in [-0.3, -0.25) is 0 Å². The molecule has 6 aromatic carbocycles. The molecule has 0 bridgehead atoms. The molecule has 0 atom stereocenters. The molecule has 0 saturated carbocycles. The number of ether oxygens (including phenoxy) is 1. The third kappa shape index (κ3) is 4.32. The van der Waals surface area contributed by atoms with Crippen LogP contribution in [0.15, 0.2) is 126 Å². The van der Waals surface area contributed by atoms with E-state index in [1.807, 2.05) is 78.9 Å². The highest BCUT2D eigenvalue weighted by Gasteiger charge is 2.24. The lowest BCUT2D eigenvalue weighted by Crippen LogP contribution is -1.99. The summed E-state index contributed by atoms with van der Waals surface area (Å²) in [6.07, 6.45) is 0. The Morgan fingerprint density at radius 2 is 1.05 bits per heavy atom. The average Bonchev–Trinajstić information content (AvgIpc) is 2.95. The maximum absolute atomic E-state index is 12.9. The summed E-state index contributed by atoms with van der Waals surface area (Å²) in [6.45, 7) is 0. The smallest absolute Gasteiger partial charge is 0.261 e. The second kappa shape index (κ2) is 9.64. The van der Waals surface area contributed by atoms with Gasteiger partial charge in [0.2, 0.25) is 0 Å². The van der Waals surface area contributed by atoms with Crippen LogP contribution in [0.2, 0.25) is 0 Å². The number of fused-ring (bicyclic) bond motifs is 2. The minimum atomic E-state index is -4.06. The molecular formula is C33H23ClO3S. The quantitative estimate of drug-likeness (QED) is 0.207. The zero-order valence-corrected chi connectivity index (χ0v) is 22.1. The van der Waals surface area contributed by atoms with E-state index in [4.69, 9.17) is 15.4 Å². The fraction of sp³-hybridized carbons (Fsp3) is 0.0303. The van der Waals surface area contributed by atoms with Crippen LogP contribution in [0.4, 0.5) is 0 Å². The summed E-state index contributed by atoms with van der Waals surface area (Å²) in [7, 11) is 3.55. The van der Waals surface area contributed by atoms with E-state index in [9.17, 15) is 8.42 Å². The van der Waals surface area contributed by atoms with Gasteiger partial charge >= 0.3 is 0 Å². The predicted molar refractivity (Wildman–Crippen MR) is 157 cm³/mol. The molecule has 0 aliphatic rings. The van der Waals surface area contributed by atoms with Crippen LogP contribution in [-0.4, -0.2) is 15.5 Å². The van der Waals surface area contributed by atoms with Gasteiger partial charge in [0.1, 0.15) is 5.75 Å². The summed E-state index contributed by atoms with van der Waals surface area (Å²) < 4.78 is 31.5. The van der Waals surface area contributed by atoms with Crippen molar-refractivity contribution in [3.8, 4) is 39.1 Å². The third-order valence-electron chi connectivity index (χ3n) is 6.91. The van der Waals surface area contributed by atoms with Gasteiger partial charge in [-0.25, -0.2) is 8.42 Å². The Morgan fingerprint density at radius 3 is 1.55 bits per heavy atom. The van der Waals surface area contributed by atoms with Crippen LogP contribution in [0.3, 0.4) is 0 Å². The van der Waals surface area contributed by atoms with E-state index in [0.29, 0.717) is 16.9 Å². The fourth-order valence-electron chi connectivity index (χ4n) is 5.13. The monoisotopic (exact) mass is 534 g/mol. The Morgan fingerprint density at radius 1 is 0.553 bits per heavy atom. The van der Waals surface area contributed by atoms with Gasteiger partial charge < -0.3 is 4.74 Å². The topological polar surface area (TPSA) is 43.4 Å². The van der Waals surface area contributed by atoms with E-state index in [-0.39, 0.29) is 4.90 Å². The molecule has 6 aromatic rings. The van der Waals surface area contributed by atoms with Gasteiger partial charge in [-0.15, -0.1) is 0 Å². The van der Waals surface area contributed by atoms with E-state index >= 15 is 0 Å². The summed E-state index contributed by atoms with van der Waals surface area (Å²) in [5.41, 5.74) is 5.54. The van der Waals surface area contributed by atoms with E-state index in [2.05, 4.69) is 36.4 Å². The van der Waals surface area contributed by atoms with Crippen molar-refractivity contribution in [3.63, 3.8) is 0 Å². The Labute approximate surface area is 226 Å². The molecule has 0 N–H and O–H groups in total. The van der Waals surface area contributed by atoms with Crippen molar-refractivity contribution in [1.82, 2.24) is 0 Å². The molecule has 6 rings (SSSR count). The largest absolute Gasteiger partial charge is 0.496 e. The molecule has 0 amide bonds. The first-order valence-electron chi connectivity index (χ1n) is 12.2. The van der Waals surface area contributed by atoms with Crippen molar-refractivity contribution in [1.29, 1.82) is 0 Å². The van der Waals surface area contributed by atoms with Crippen molar-refractivity contribution in [2.24, 2.45) is 0 Å². The molecule has 0 aromatic heterocycles. The highest BCUT2D eigenvalue weighted by molar-refractivity contribution is 8.13. The number of hydrogen-bond donors (Lipinski definition) is 0. The molecule has 38 heavy (non-hydrogen) atoms. The van der Waals surface area contributed by atoms with Crippen LogP contribution in [0, 0.1) is 0 Å². The Bertz CT molecular complexity index is 1920. The van der Waals surface area contributed by atoms with E-state index < -0.39 is 9.05 Å². The van der Waals surface area contributed by atoms with Crippen LogP contribution < -0.4 is 4.74 Å². The van der Waals surface area contributed by atoms with E-state index in [1.54, 1.807) is 13.2 Å². The third-order valence-corrected chi connectivity index (χ3v) is 8.27. The second-order valence-electron chi connectivity index (χ2n) is 9.12. The lowest BCUT2D eigenvalue weighted by molar-refractivity contribution is 0.417. The lowest BCUT2D eigenvalue weighted by Gasteiger charge is -2.18. The Balaban J connectivity index is 1.66. The van der Waals surface area contributed by atoms with Crippen molar-refractivity contribution < 1.29 is 13.2 Å². The van der Waals surface area contributed by atoms with Crippen molar-refractivity contribution in [2.75, 3.05) is 7.11 Å². The van der Waals surface area contributed by atoms with Gasteiger partial charge in [0, 0.05) is 21.8 Å². The van der Waals surface area contributed by atoms with Crippen molar-refractivity contribution in [3.05, 3.63) is 121 Å². The zero-order chi connectivity index (χ0) is 26.3. The van der Waals surface area contributed by atoms with Gasteiger partial charge in [0.05, 0.1) is 12.0 Å². The van der Waals surface area contributed by atoms with Gasteiger partial charge in [0.25, 0.3) is 9.05 Å². The summed E-state index contributed by atoms with van der Waals surface area (Å²) in [6, 6.07) is 39.8. The number of halogens is 1. The highest BCUT2D eigenvalue weighted by Crippen LogP contribution is 2.45. The zero-order valence-electron chi connectivity index (χ0n) is 20.6.